The zero-order valence-electron chi connectivity index (χ0n) is 12.8. The van der Waals surface area contributed by atoms with E-state index >= 15 is 0 Å². The third kappa shape index (κ3) is 3.09. The molecule has 0 unspecified atom stereocenters. The van der Waals surface area contributed by atoms with E-state index < -0.39 is 11.5 Å². The quantitative estimate of drug-likeness (QED) is 0.922. The van der Waals surface area contributed by atoms with Gasteiger partial charge < -0.3 is 14.4 Å². The van der Waals surface area contributed by atoms with E-state index in [1.165, 1.54) is 0 Å². The van der Waals surface area contributed by atoms with Gasteiger partial charge >= 0.3 is 5.97 Å². The van der Waals surface area contributed by atoms with E-state index in [0.29, 0.717) is 24.4 Å². The van der Waals surface area contributed by atoms with Crippen molar-refractivity contribution < 1.29 is 19.1 Å². The van der Waals surface area contributed by atoms with Crippen LogP contribution in [0.4, 0.5) is 0 Å². The maximum Gasteiger partial charge on any atom is 0.305 e. The summed E-state index contributed by atoms with van der Waals surface area (Å²) in [6.07, 6.45) is 4.38. The molecule has 1 fully saturated rings. The molecule has 1 amide bonds. The van der Waals surface area contributed by atoms with E-state index in [-0.39, 0.29) is 18.1 Å². The summed E-state index contributed by atoms with van der Waals surface area (Å²) >= 11 is 0. The van der Waals surface area contributed by atoms with E-state index in [2.05, 4.69) is 4.98 Å². The van der Waals surface area contributed by atoms with Gasteiger partial charge in [0.05, 0.1) is 17.7 Å². The molecular weight excluding hydrogens is 272 g/mol. The van der Waals surface area contributed by atoms with Gasteiger partial charge in [0.1, 0.15) is 0 Å². The first-order valence-electron chi connectivity index (χ1n) is 7.30. The van der Waals surface area contributed by atoms with Gasteiger partial charge in [0, 0.05) is 14.0 Å². The highest BCUT2D eigenvalue weighted by Crippen LogP contribution is 2.36. The number of carboxylic acid groups (broad SMARTS) is 1. The lowest BCUT2D eigenvalue weighted by molar-refractivity contribution is -0.140. The van der Waals surface area contributed by atoms with E-state index in [4.69, 9.17) is 4.42 Å². The first-order valence-corrected chi connectivity index (χ1v) is 7.30. The Balaban J connectivity index is 2.29. The smallest absolute Gasteiger partial charge is 0.305 e. The average molecular weight is 294 g/mol. The number of carboxylic acids is 1. The van der Waals surface area contributed by atoms with Crippen LogP contribution < -0.4 is 0 Å². The Hall–Kier alpha value is -1.85. The Morgan fingerprint density at radius 3 is 2.38 bits per heavy atom. The third-order valence-corrected chi connectivity index (χ3v) is 4.38. The van der Waals surface area contributed by atoms with Crippen LogP contribution in [0.3, 0.4) is 0 Å². The van der Waals surface area contributed by atoms with Crippen LogP contribution in [-0.2, 0) is 4.79 Å². The monoisotopic (exact) mass is 294 g/mol. The number of hydrogen-bond donors (Lipinski definition) is 1. The predicted molar refractivity (Wildman–Crippen MR) is 76.1 cm³/mol. The summed E-state index contributed by atoms with van der Waals surface area (Å²) in [6.45, 7) is 3.42. The summed E-state index contributed by atoms with van der Waals surface area (Å²) in [7, 11) is 1.67. The van der Waals surface area contributed by atoms with Crippen molar-refractivity contribution in [2.45, 2.75) is 57.9 Å². The summed E-state index contributed by atoms with van der Waals surface area (Å²) < 4.78 is 5.39. The molecule has 0 atom stereocenters. The Morgan fingerprint density at radius 1 is 1.29 bits per heavy atom. The molecule has 1 aromatic rings. The number of oxazole rings is 1. The molecule has 0 radical (unpaired) electrons. The van der Waals surface area contributed by atoms with Crippen LogP contribution in [-0.4, -0.2) is 39.5 Å². The number of aryl methyl sites for hydroxylation is 2. The van der Waals surface area contributed by atoms with Crippen LogP contribution in [0.15, 0.2) is 4.42 Å². The summed E-state index contributed by atoms with van der Waals surface area (Å²) in [5.41, 5.74) is -0.0699. The fraction of sp³-hybridized carbons (Fsp3) is 0.667. The first-order chi connectivity index (χ1) is 9.85. The lowest BCUT2D eigenvalue weighted by Crippen LogP contribution is -2.52. The first kappa shape index (κ1) is 15.5. The molecule has 1 N–H and O–H groups in total. The van der Waals surface area contributed by atoms with Gasteiger partial charge in [-0.2, -0.15) is 0 Å². The third-order valence-electron chi connectivity index (χ3n) is 4.38. The molecule has 0 saturated heterocycles. The summed E-state index contributed by atoms with van der Waals surface area (Å²) in [6, 6.07) is 0. The molecule has 1 saturated carbocycles. The molecule has 6 nitrogen and oxygen atoms in total. The molecule has 1 heterocycles. The lowest BCUT2D eigenvalue weighted by atomic mass is 9.78. The minimum absolute atomic E-state index is 0.0264. The average Bonchev–Trinajstić information content (AvgIpc) is 2.76. The van der Waals surface area contributed by atoms with Gasteiger partial charge in [-0.05, 0) is 19.8 Å². The number of nitrogens with zero attached hydrogens (tertiary/aromatic N) is 2. The molecule has 0 spiro atoms. The summed E-state index contributed by atoms with van der Waals surface area (Å²) in [5, 5.41) is 9.22. The molecule has 1 aliphatic carbocycles. The van der Waals surface area contributed by atoms with Gasteiger partial charge in [0.15, 0.2) is 5.89 Å². The number of carbonyl (C=O) groups is 2. The van der Waals surface area contributed by atoms with Crippen molar-refractivity contribution in [3.63, 3.8) is 0 Å². The number of rotatable bonds is 4. The van der Waals surface area contributed by atoms with Crippen LogP contribution in [0, 0.1) is 13.8 Å². The predicted octanol–water partition coefficient (Wildman–Crippen LogP) is 2.54. The molecule has 0 aromatic carbocycles. The van der Waals surface area contributed by atoms with Crippen LogP contribution >= 0.6 is 0 Å². The molecule has 0 bridgehead atoms. The summed E-state index contributed by atoms with van der Waals surface area (Å²) in [5.74, 6) is -0.496. The largest absolute Gasteiger partial charge is 0.481 e. The van der Waals surface area contributed by atoms with Gasteiger partial charge in [0.25, 0.3) is 5.91 Å². The molecule has 1 aromatic heterocycles. The number of aromatic nitrogens is 1. The molecule has 21 heavy (non-hydrogen) atoms. The normalized spacial score (nSPS) is 17.5. The number of amides is 1. The molecule has 116 valence electrons. The highest BCUT2D eigenvalue weighted by Gasteiger charge is 2.41. The van der Waals surface area contributed by atoms with Gasteiger partial charge in [-0.3, -0.25) is 9.59 Å². The Morgan fingerprint density at radius 2 is 1.90 bits per heavy atom. The standard InChI is InChI=1S/C15H22N2O4/c1-10-13(21-11(2)16-10)14(20)17(3)15(9-12(18)19)7-5-4-6-8-15/h4-9H2,1-3H3,(H,18,19). The van der Waals surface area contributed by atoms with Gasteiger partial charge in [0.2, 0.25) is 5.76 Å². The number of hydrogen-bond acceptors (Lipinski definition) is 4. The van der Waals surface area contributed by atoms with Gasteiger partial charge in [-0.1, -0.05) is 19.3 Å². The lowest BCUT2D eigenvalue weighted by Gasteiger charge is -2.43. The van der Waals surface area contributed by atoms with E-state index in [9.17, 15) is 14.7 Å². The van der Waals surface area contributed by atoms with Gasteiger partial charge in [-0.15, -0.1) is 0 Å². The second-order valence-corrected chi connectivity index (χ2v) is 5.87. The van der Waals surface area contributed by atoms with Crippen LogP contribution in [0.2, 0.25) is 0 Å². The summed E-state index contributed by atoms with van der Waals surface area (Å²) in [4.78, 5) is 29.6. The zero-order chi connectivity index (χ0) is 15.6. The maximum atomic E-state index is 12.7. The van der Waals surface area contributed by atoms with Crippen molar-refractivity contribution in [3.05, 3.63) is 17.3 Å². The second kappa shape index (κ2) is 5.87. The Labute approximate surface area is 124 Å². The Bertz CT molecular complexity index is 544. The van der Waals surface area contributed by atoms with Crippen LogP contribution in [0.5, 0.6) is 0 Å². The van der Waals surface area contributed by atoms with E-state index in [1.807, 2.05) is 0 Å². The second-order valence-electron chi connectivity index (χ2n) is 5.87. The fourth-order valence-corrected chi connectivity index (χ4v) is 3.22. The highest BCUT2D eigenvalue weighted by atomic mass is 16.4. The molecule has 0 aliphatic heterocycles. The van der Waals surface area contributed by atoms with Crippen LogP contribution in [0.1, 0.15) is 60.7 Å². The van der Waals surface area contributed by atoms with Crippen molar-refractivity contribution in [2.24, 2.45) is 0 Å². The fourth-order valence-electron chi connectivity index (χ4n) is 3.22. The molecular formula is C15H22N2O4. The van der Waals surface area contributed by atoms with Crippen molar-refractivity contribution in [1.82, 2.24) is 9.88 Å². The number of aliphatic carboxylic acids is 1. The van der Waals surface area contributed by atoms with E-state index in [1.54, 1.807) is 25.8 Å². The molecule has 2 rings (SSSR count). The maximum absolute atomic E-state index is 12.7. The topological polar surface area (TPSA) is 83.6 Å². The van der Waals surface area contributed by atoms with Crippen LogP contribution in [0.25, 0.3) is 0 Å². The molecule has 6 heteroatoms. The Kier molecular flexibility index (Phi) is 4.34. The van der Waals surface area contributed by atoms with Crippen molar-refractivity contribution in [3.8, 4) is 0 Å². The van der Waals surface area contributed by atoms with Crippen molar-refractivity contribution >= 4 is 11.9 Å². The van der Waals surface area contributed by atoms with Crippen molar-refractivity contribution in [1.29, 1.82) is 0 Å². The van der Waals surface area contributed by atoms with Crippen molar-refractivity contribution in [2.75, 3.05) is 7.05 Å². The molecule has 1 aliphatic rings. The zero-order valence-corrected chi connectivity index (χ0v) is 12.8. The van der Waals surface area contributed by atoms with E-state index in [0.717, 1.165) is 19.3 Å². The SMILES string of the molecule is Cc1nc(C)c(C(=O)N(C)C2(CC(=O)O)CCCCC2)o1. The minimum atomic E-state index is -0.873. The number of carbonyl (C=O) groups excluding carboxylic acids is 1. The van der Waals surface area contributed by atoms with Gasteiger partial charge in [-0.25, -0.2) is 4.98 Å². The highest BCUT2D eigenvalue weighted by molar-refractivity contribution is 5.93. The minimum Gasteiger partial charge on any atom is -0.481 e.